The molecule has 0 aliphatic rings. The monoisotopic (exact) mass is 291 g/mol. The van der Waals surface area contributed by atoms with E-state index in [0.717, 1.165) is 31.0 Å². The Morgan fingerprint density at radius 2 is 1.76 bits per heavy atom. The van der Waals surface area contributed by atoms with Crippen LogP contribution >= 0.6 is 0 Å². The molecule has 0 saturated carbocycles. The first kappa shape index (κ1) is 20.0. The minimum Gasteiger partial charge on any atom is -0.366 e. The summed E-state index contributed by atoms with van der Waals surface area (Å²) in [5.74, 6) is 0.772. The standard InChI is InChI=1S/C20H37N/c1-7-11-14-18(5)21(19(6)15-12-8-2)17-20(10-4)16-13-9-3/h11-12,14-15,19-20H,5,7-10,13,16-17H2,1-4,6H3/b14-11-,15-12-. The molecular weight excluding hydrogens is 254 g/mol. The quantitative estimate of drug-likeness (QED) is 0.299. The predicted molar refractivity (Wildman–Crippen MR) is 97.5 cm³/mol. The highest BCUT2D eigenvalue weighted by Crippen LogP contribution is 2.20. The lowest BCUT2D eigenvalue weighted by Crippen LogP contribution is -2.34. The van der Waals surface area contributed by atoms with E-state index in [4.69, 9.17) is 0 Å². The van der Waals surface area contributed by atoms with Crippen LogP contribution in [-0.4, -0.2) is 17.5 Å². The molecule has 0 radical (unpaired) electrons. The first-order chi connectivity index (χ1) is 10.1. The number of hydrogen-bond donors (Lipinski definition) is 0. The molecule has 0 fully saturated rings. The average molecular weight is 292 g/mol. The Kier molecular flexibility index (Phi) is 12.1. The molecule has 0 aliphatic carbocycles. The van der Waals surface area contributed by atoms with Crippen LogP contribution in [0, 0.1) is 5.92 Å². The van der Waals surface area contributed by atoms with Crippen molar-refractivity contribution in [3.8, 4) is 0 Å². The SMILES string of the molecule is C=C(/C=C\CC)N(CC(CC)CCCC)C(C)/C=C\CC. The summed E-state index contributed by atoms with van der Waals surface area (Å²) in [6.07, 6.45) is 16.4. The molecule has 122 valence electrons. The Hall–Kier alpha value is -0.980. The summed E-state index contributed by atoms with van der Waals surface area (Å²) in [6.45, 7) is 16.7. The lowest BCUT2D eigenvalue weighted by Gasteiger charge is -2.33. The van der Waals surface area contributed by atoms with Gasteiger partial charge in [-0.15, -0.1) is 0 Å². The van der Waals surface area contributed by atoms with Gasteiger partial charge >= 0.3 is 0 Å². The number of unbranched alkanes of at least 4 members (excludes halogenated alkanes) is 1. The van der Waals surface area contributed by atoms with Crippen LogP contribution in [0.2, 0.25) is 0 Å². The number of allylic oxidation sites excluding steroid dienone is 3. The second-order valence-corrected chi connectivity index (χ2v) is 5.95. The van der Waals surface area contributed by atoms with Gasteiger partial charge in [0.15, 0.2) is 0 Å². The van der Waals surface area contributed by atoms with Gasteiger partial charge in [0.05, 0.1) is 0 Å². The van der Waals surface area contributed by atoms with Crippen LogP contribution in [-0.2, 0) is 0 Å². The van der Waals surface area contributed by atoms with Crippen molar-refractivity contribution in [2.45, 2.75) is 79.2 Å². The second kappa shape index (κ2) is 12.7. The van der Waals surface area contributed by atoms with E-state index >= 15 is 0 Å². The maximum atomic E-state index is 4.29. The molecular formula is C20H37N. The zero-order valence-corrected chi connectivity index (χ0v) is 15.1. The van der Waals surface area contributed by atoms with Gasteiger partial charge < -0.3 is 4.90 Å². The summed E-state index contributed by atoms with van der Waals surface area (Å²) >= 11 is 0. The molecule has 1 heteroatoms. The van der Waals surface area contributed by atoms with Gasteiger partial charge in [0.2, 0.25) is 0 Å². The van der Waals surface area contributed by atoms with E-state index in [2.05, 4.69) is 70.4 Å². The van der Waals surface area contributed by atoms with E-state index in [1.807, 2.05) is 0 Å². The molecule has 0 aromatic rings. The molecule has 0 heterocycles. The largest absolute Gasteiger partial charge is 0.366 e. The highest BCUT2D eigenvalue weighted by Gasteiger charge is 2.16. The zero-order chi connectivity index (χ0) is 16.1. The fourth-order valence-electron chi connectivity index (χ4n) is 2.53. The minimum absolute atomic E-state index is 0.426. The van der Waals surface area contributed by atoms with Gasteiger partial charge in [-0.25, -0.2) is 0 Å². The summed E-state index contributed by atoms with van der Waals surface area (Å²) in [4.78, 5) is 2.47. The van der Waals surface area contributed by atoms with Crippen molar-refractivity contribution in [2.75, 3.05) is 6.54 Å². The van der Waals surface area contributed by atoms with Gasteiger partial charge in [-0.1, -0.05) is 71.8 Å². The topological polar surface area (TPSA) is 3.24 Å². The molecule has 0 bridgehead atoms. The van der Waals surface area contributed by atoms with E-state index < -0.39 is 0 Å². The third-order valence-corrected chi connectivity index (χ3v) is 4.05. The van der Waals surface area contributed by atoms with E-state index in [-0.39, 0.29) is 0 Å². The Labute approximate surface area is 133 Å². The van der Waals surface area contributed by atoms with Crippen LogP contribution in [0.15, 0.2) is 36.6 Å². The van der Waals surface area contributed by atoms with Crippen LogP contribution in [0.25, 0.3) is 0 Å². The third kappa shape index (κ3) is 8.80. The van der Waals surface area contributed by atoms with Crippen molar-refractivity contribution in [1.29, 1.82) is 0 Å². The summed E-state index contributed by atoms with van der Waals surface area (Å²) in [6, 6.07) is 0.426. The molecule has 1 nitrogen and oxygen atoms in total. The Morgan fingerprint density at radius 3 is 2.29 bits per heavy atom. The lowest BCUT2D eigenvalue weighted by atomic mass is 9.97. The average Bonchev–Trinajstić information content (AvgIpc) is 2.50. The van der Waals surface area contributed by atoms with Crippen LogP contribution in [0.5, 0.6) is 0 Å². The maximum absolute atomic E-state index is 4.29. The van der Waals surface area contributed by atoms with Crippen molar-refractivity contribution < 1.29 is 0 Å². The first-order valence-electron chi connectivity index (χ1n) is 8.89. The lowest BCUT2D eigenvalue weighted by molar-refractivity contribution is 0.249. The molecule has 0 aromatic heterocycles. The molecule has 0 amide bonds. The summed E-state index contributed by atoms with van der Waals surface area (Å²) in [5.41, 5.74) is 1.15. The van der Waals surface area contributed by atoms with Gasteiger partial charge in [-0.3, -0.25) is 0 Å². The van der Waals surface area contributed by atoms with Crippen molar-refractivity contribution in [3.63, 3.8) is 0 Å². The maximum Gasteiger partial charge on any atom is 0.0444 e. The Bertz CT molecular complexity index is 314. The van der Waals surface area contributed by atoms with Gasteiger partial charge in [0.25, 0.3) is 0 Å². The third-order valence-electron chi connectivity index (χ3n) is 4.05. The van der Waals surface area contributed by atoms with E-state index in [1.54, 1.807) is 0 Å². The van der Waals surface area contributed by atoms with Crippen LogP contribution in [0.1, 0.15) is 73.1 Å². The van der Waals surface area contributed by atoms with Gasteiger partial charge in [-0.05, 0) is 38.2 Å². The smallest absolute Gasteiger partial charge is 0.0444 e. The summed E-state index contributed by atoms with van der Waals surface area (Å²) < 4.78 is 0. The number of hydrogen-bond acceptors (Lipinski definition) is 1. The second-order valence-electron chi connectivity index (χ2n) is 5.95. The van der Waals surface area contributed by atoms with Gasteiger partial charge in [0, 0.05) is 18.3 Å². The highest BCUT2D eigenvalue weighted by molar-refractivity contribution is 5.16. The van der Waals surface area contributed by atoms with Gasteiger partial charge in [0.1, 0.15) is 0 Å². The van der Waals surface area contributed by atoms with Crippen molar-refractivity contribution in [3.05, 3.63) is 36.6 Å². The molecule has 2 atom stereocenters. The molecule has 0 aromatic carbocycles. The molecule has 0 aliphatic heterocycles. The highest BCUT2D eigenvalue weighted by atomic mass is 15.2. The van der Waals surface area contributed by atoms with Crippen LogP contribution < -0.4 is 0 Å². The zero-order valence-electron chi connectivity index (χ0n) is 15.1. The predicted octanol–water partition coefficient (Wildman–Crippen LogP) is 6.34. The fourth-order valence-corrected chi connectivity index (χ4v) is 2.53. The Balaban J connectivity index is 4.88. The van der Waals surface area contributed by atoms with E-state index in [0.29, 0.717) is 6.04 Å². The molecule has 0 spiro atoms. The van der Waals surface area contributed by atoms with Crippen LogP contribution in [0.4, 0.5) is 0 Å². The molecule has 2 unspecified atom stereocenters. The normalized spacial score (nSPS) is 14.7. The molecule has 21 heavy (non-hydrogen) atoms. The Morgan fingerprint density at radius 1 is 1.10 bits per heavy atom. The summed E-state index contributed by atoms with van der Waals surface area (Å²) in [7, 11) is 0. The van der Waals surface area contributed by atoms with E-state index in [9.17, 15) is 0 Å². The minimum atomic E-state index is 0.426. The van der Waals surface area contributed by atoms with E-state index in [1.165, 1.54) is 25.7 Å². The van der Waals surface area contributed by atoms with Gasteiger partial charge in [-0.2, -0.15) is 0 Å². The van der Waals surface area contributed by atoms with Crippen molar-refractivity contribution in [1.82, 2.24) is 4.90 Å². The molecule has 0 rings (SSSR count). The number of rotatable bonds is 12. The number of nitrogens with zero attached hydrogens (tertiary/aromatic N) is 1. The van der Waals surface area contributed by atoms with Crippen molar-refractivity contribution >= 4 is 0 Å². The molecule has 0 saturated heterocycles. The fraction of sp³-hybridized carbons (Fsp3) is 0.700. The molecule has 0 N–H and O–H groups in total. The first-order valence-corrected chi connectivity index (χ1v) is 8.89. The summed E-state index contributed by atoms with van der Waals surface area (Å²) in [5, 5.41) is 0. The van der Waals surface area contributed by atoms with Crippen LogP contribution in [0.3, 0.4) is 0 Å². The van der Waals surface area contributed by atoms with Crippen molar-refractivity contribution in [2.24, 2.45) is 5.92 Å².